The molecule has 0 atom stereocenters. The van der Waals surface area contributed by atoms with Crippen LogP contribution in [0.4, 0.5) is 0 Å². The molecule has 5 heteroatoms. The molecule has 0 aliphatic carbocycles. The first kappa shape index (κ1) is 8.00. The van der Waals surface area contributed by atoms with E-state index < -0.39 is 0 Å². The van der Waals surface area contributed by atoms with Crippen LogP contribution in [0.15, 0.2) is 24.8 Å². The lowest BCUT2D eigenvalue weighted by Gasteiger charge is -1.90. The number of rotatable bonds is 2. The minimum Gasteiger partial charge on any atom is -0.297 e. The van der Waals surface area contributed by atoms with Crippen molar-refractivity contribution >= 4 is 17.8 Å². The van der Waals surface area contributed by atoms with E-state index in [1.54, 1.807) is 18.5 Å². The molecule has 0 aliphatic heterocycles. The quantitative estimate of drug-likeness (QED) is 0.673. The molecule has 0 amide bonds. The standard InChI is InChI=1S/C8H5N3OS/c12-4-7-1-8(11-13-7)6-2-9-5-10-3-6/h1-5H. The molecule has 2 heterocycles. The van der Waals surface area contributed by atoms with Crippen LogP contribution < -0.4 is 0 Å². The molecule has 2 aromatic rings. The summed E-state index contributed by atoms with van der Waals surface area (Å²) in [5.74, 6) is 0. The molecule has 0 N–H and O–H groups in total. The Labute approximate surface area is 78.5 Å². The fourth-order valence-electron chi connectivity index (χ4n) is 0.912. The second-order valence-corrected chi connectivity index (χ2v) is 3.20. The van der Waals surface area contributed by atoms with E-state index in [2.05, 4.69) is 14.3 Å². The lowest BCUT2D eigenvalue weighted by Crippen LogP contribution is -1.80. The first-order chi connectivity index (χ1) is 6.40. The Balaban J connectivity index is 2.41. The summed E-state index contributed by atoms with van der Waals surface area (Å²) >= 11 is 1.17. The van der Waals surface area contributed by atoms with Gasteiger partial charge in [0.15, 0.2) is 6.29 Å². The molecule has 0 aliphatic rings. The Hall–Kier alpha value is -1.62. The number of hydrogen-bond donors (Lipinski definition) is 0. The maximum absolute atomic E-state index is 10.4. The molecule has 2 rings (SSSR count). The first-order valence-corrected chi connectivity index (χ1v) is 4.35. The molecule has 2 aromatic heterocycles. The molecule has 0 unspecified atom stereocenters. The van der Waals surface area contributed by atoms with Gasteiger partial charge in [0, 0.05) is 18.0 Å². The minimum atomic E-state index is 0.610. The Morgan fingerprint density at radius 2 is 2.08 bits per heavy atom. The van der Waals surface area contributed by atoms with Gasteiger partial charge < -0.3 is 0 Å². The molecule has 64 valence electrons. The van der Waals surface area contributed by atoms with Crippen LogP contribution in [0, 0.1) is 0 Å². The van der Waals surface area contributed by atoms with Gasteiger partial charge in [-0.25, -0.2) is 9.97 Å². The summed E-state index contributed by atoms with van der Waals surface area (Å²) in [7, 11) is 0. The van der Waals surface area contributed by atoms with E-state index >= 15 is 0 Å². The van der Waals surface area contributed by atoms with E-state index in [9.17, 15) is 4.79 Å². The molecular weight excluding hydrogens is 186 g/mol. The molecule has 4 nitrogen and oxygen atoms in total. The predicted molar refractivity (Wildman–Crippen MR) is 48.5 cm³/mol. The summed E-state index contributed by atoms with van der Waals surface area (Å²) in [5.41, 5.74) is 1.57. The van der Waals surface area contributed by atoms with Gasteiger partial charge in [-0.2, -0.15) is 4.37 Å². The highest BCUT2D eigenvalue weighted by atomic mass is 32.1. The second-order valence-electron chi connectivity index (χ2n) is 2.36. The maximum atomic E-state index is 10.4. The Bertz CT molecular complexity index is 412. The van der Waals surface area contributed by atoms with Crippen molar-refractivity contribution in [1.29, 1.82) is 0 Å². The SMILES string of the molecule is O=Cc1cc(-c2cncnc2)ns1. The zero-order valence-corrected chi connectivity index (χ0v) is 7.36. The average molecular weight is 191 g/mol. The van der Waals surface area contributed by atoms with E-state index in [1.165, 1.54) is 17.9 Å². The highest BCUT2D eigenvalue weighted by molar-refractivity contribution is 7.07. The third kappa shape index (κ3) is 1.59. The van der Waals surface area contributed by atoms with Crippen LogP contribution in [-0.2, 0) is 0 Å². The first-order valence-electron chi connectivity index (χ1n) is 3.57. The molecule has 0 radical (unpaired) electrons. The van der Waals surface area contributed by atoms with Gasteiger partial charge >= 0.3 is 0 Å². The molecule has 0 aromatic carbocycles. The van der Waals surface area contributed by atoms with Gasteiger partial charge in [-0.3, -0.25) is 4.79 Å². The summed E-state index contributed by atoms with van der Waals surface area (Å²) in [6.07, 6.45) is 5.56. The zero-order chi connectivity index (χ0) is 9.10. The predicted octanol–water partition coefficient (Wildman–Crippen LogP) is 1.41. The summed E-state index contributed by atoms with van der Waals surface area (Å²) in [6.45, 7) is 0. The summed E-state index contributed by atoms with van der Waals surface area (Å²) in [4.78, 5) is 18.7. The van der Waals surface area contributed by atoms with Crippen molar-refractivity contribution in [3.05, 3.63) is 29.7 Å². The molecule has 13 heavy (non-hydrogen) atoms. The van der Waals surface area contributed by atoms with Crippen molar-refractivity contribution in [3.8, 4) is 11.3 Å². The Kier molecular flexibility index (Phi) is 2.09. The molecule has 0 fully saturated rings. The molecule has 0 saturated heterocycles. The van der Waals surface area contributed by atoms with E-state index in [1.807, 2.05) is 0 Å². The second kappa shape index (κ2) is 3.40. The Morgan fingerprint density at radius 1 is 1.31 bits per heavy atom. The Morgan fingerprint density at radius 3 is 2.69 bits per heavy atom. The molecule has 0 saturated carbocycles. The highest BCUT2D eigenvalue weighted by Gasteiger charge is 2.03. The fourth-order valence-corrected chi connectivity index (χ4v) is 1.48. The average Bonchev–Trinajstić information content (AvgIpc) is 2.67. The zero-order valence-electron chi connectivity index (χ0n) is 6.54. The largest absolute Gasteiger partial charge is 0.297 e. The lowest BCUT2D eigenvalue weighted by atomic mass is 10.2. The van der Waals surface area contributed by atoms with E-state index in [-0.39, 0.29) is 0 Å². The van der Waals surface area contributed by atoms with E-state index in [0.29, 0.717) is 4.88 Å². The fraction of sp³-hybridized carbons (Fsp3) is 0. The molecule has 0 bridgehead atoms. The monoisotopic (exact) mass is 191 g/mol. The van der Waals surface area contributed by atoms with Crippen LogP contribution in [-0.4, -0.2) is 20.6 Å². The number of aldehydes is 1. The van der Waals surface area contributed by atoms with Crippen LogP contribution in [0.1, 0.15) is 9.67 Å². The third-order valence-electron chi connectivity index (χ3n) is 1.50. The highest BCUT2D eigenvalue weighted by Crippen LogP contribution is 2.18. The van der Waals surface area contributed by atoms with Gasteiger partial charge in [-0.05, 0) is 17.6 Å². The molecule has 0 spiro atoms. The maximum Gasteiger partial charge on any atom is 0.161 e. The van der Waals surface area contributed by atoms with Gasteiger partial charge in [0.2, 0.25) is 0 Å². The number of carbonyl (C=O) groups is 1. The van der Waals surface area contributed by atoms with Crippen molar-refractivity contribution in [2.75, 3.05) is 0 Å². The van der Waals surface area contributed by atoms with Crippen molar-refractivity contribution in [2.24, 2.45) is 0 Å². The topological polar surface area (TPSA) is 55.7 Å². The van der Waals surface area contributed by atoms with Gasteiger partial charge in [0.1, 0.15) is 6.33 Å². The van der Waals surface area contributed by atoms with Crippen molar-refractivity contribution in [2.45, 2.75) is 0 Å². The number of hydrogen-bond acceptors (Lipinski definition) is 5. The van der Waals surface area contributed by atoms with E-state index in [0.717, 1.165) is 17.5 Å². The van der Waals surface area contributed by atoms with Crippen molar-refractivity contribution in [3.63, 3.8) is 0 Å². The van der Waals surface area contributed by atoms with Gasteiger partial charge in [-0.1, -0.05) is 0 Å². The van der Waals surface area contributed by atoms with Gasteiger partial charge in [0.05, 0.1) is 10.6 Å². The lowest BCUT2D eigenvalue weighted by molar-refractivity contribution is 0.112. The minimum absolute atomic E-state index is 0.610. The molecular formula is C8H5N3OS. The van der Waals surface area contributed by atoms with Crippen molar-refractivity contribution < 1.29 is 4.79 Å². The summed E-state index contributed by atoms with van der Waals surface area (Å²) in [6, 6.07) is 1.72. The summed E-state index contributed by atoms with van der Waals surface area (Å²) < 4.78 is 4.09. The smallest absolute Gasteiger partial charge is 0.161 e. The van der Waals surface area contributed by atoms with E-state index in [4.69, 9.17) is 0 Å². The number of aromatic nitrogens is 3. The van der Waals surface area contributed by atoms with Crippen LogP contribution in [0.3, 0.4) is 0 Å². The number of nitrogens with zero attached hydrogens (tertiary/aromatic N) is 3. The van der Waals surface area contributed by atoms with Gasteiger partial charge in [-0.15, -0.1) is 0 Å². The van der Waals surface area contributed by atoms with Crippen LogP contribution in [0.2, 0.25) is 0 Å². The summed E-state index contributed by atoms with van der Waals surface area (Å²) in [5, 5.41) is 0. The number of carbonyl (C=O) groups excluding carboxylic acids is 1. The van der Waals surface area contributed by atoms with Crippen molar-refractivity contribution in [1.82, 2.24) is 14.3 Å². The third-order valence-corrected chi connectivity index (χ3v) is 2.21. The normalized spacial score (nSPS) is 9.85. The van der Waals surface area contributed by atoms with Gasteiger partial charge in [0.25, 0.3) is 0 Å². The van der Waals surface area contributed by atoms with Crippen LogP contribution in [0.25, 0.3) is 11.3 Å². The van der Waals surface area contributed by atoms with Crippen LogP contribution in [0.5, 0.6) is 0 Å². The van der Waals surface area contributed by atoms with Crippen LogP contribution >= 0.6 is 11.5 Å².